The van der Waals surface area contributed by atoms with Crippen molar-refractivity contribution < 1.29 is 13.9 Å². The standard InChI is InChI=1S/C22H17IN2O3/c1-13-7-8-14(22-25-19-12-15(27-2)9-10-20(19)28-22)11-18(13)24-21(26)16-5-3-4-6-17(16)23/h3-12H,1-2H3,(H,24,26). The number of hydrogen-bond donors (Lipinski definition) is 1. The van der Waals surface area contributed by atoms with Crippen LogP contribution in [-0.2, 0) is 0 Å². The van der Waals surface area contributed by atoms with Crippen molar-refractivity contribution in [1.82, 2.24) is 4.98 Å². The summed E-state index contributed by atoms with van der Waals surface area (Å²) in [6, 6.07) is 18.7. The van der Waals surface area contributed by atoms with Crippen LogP contribution >= 0.6 is 22.6 Å². The number of hydrogen-bond acceptors (Lipinski definition) is 4. The maximum Gasteiger partial charge on any atom is 0.256 e. The highest BCUT2D eigenvalue weighted by Crippen LogP contribution is 2.30. The summed E-state index contributed by atoms with van der Waals surface area (Å²) in [6.45, 7) is 1.95. The molecule has 0 spiro atoms. The first-order valence-electron chi connectivity index (χ1n) is 8.66. The van der Waals surface area contributed by atoms with Crippen LogP contribution in [0.25, 0.3) is 22.6 Å². The van der Waals surface area contributed by atoms with Gasteiger partial charge >= 0.3 is 0 Å². The Kier molecular flexibility index (Phi) is 5.04. The third kappa shape index (κ3) is 3.60. The molecule has 0 aliphatic rings. The van der Waals surface area contributed by atoms with Crippen molar-refractivity contribution in [3.05, 3.63) is 75.4 Å². The molecule has 1 aromatic heterocycles. The summed E-state index contributed by atoms with van der Waals surface area (Å²) in [6.07, 6.45) is 0. The number of oxazole rings is 1. The Hall–Kier alpha value is -2.87. The van der Waals surface area contributed by atoms with Gasteiger partial charge in [-0.05, 0) is 71.5 Å². The van der Waals surface area contributed by atoms with E-state index in [4.69, 9.17) is 9.15 Å². The molecule has 4 rings (SSSR count). The number of nitrogens with one attached hydrogen (secondary N) is 1. The quantitative estimate of drug-likeness (QED) is 0.380. The van der Waals surface area contributed by atoms with Gasteiger partial charge in [-0.25, -0.2) is 4.98 Å². The molecule has 0 bridgehead atoms. The number of carbonyl (C=O) groups is 1. The second-order valence-electron chi connectivity index (χ2n) is 6.32. The third-order valence-corrected chi connectivity index (χ3v) is 5.39. The number of rotatable bonds is 4. The van der Waals surface area contributed by atoms with Crippen molar-refractivity contribution in [2.24, 2.45) is 0 Å². The van der Waals surface area contributed by atoms with Crippen LogP contribution in [0.15, 0.2) is 65.1 Å². The fourth-order valence-corrected chi connectivity index (χ4v) is 3.51. The highest BCUT2D eigenvalue weighted by atomic mass is 127. The largest absolute Gasteiger partial charge is 0.497 e. The van der Waals surface area contributed by atoms with Gasteiger partial charge in [-0.15, -0.1) is 0 Å². The molecule has 0 radical (unpaired) electrons. The summed E-state index contributed by atoms with van der Waals surface area (Å²) >= 11 is 2.16. The van der Waals surface area contributed by atoms with Crippen LogP contribution in [0.1, 0.15) is 15.9 Å². The van der Waals surface area contributed by atoms with Crippen LogP contribution in [0, 0.1) is 10.5 Å². The second kappa shape index (κ2) is 7.63. The number of nitrogens with zero attached hydrogens (tertiary/aromatic N) is 1. The molecule has 0 saturated carbocycles. The minimum absolute atomic E-state index is 0.146. The molecule has 3 aromatic carbocycles. The van der Waals surface area contributed by atoms with Gasteiger partial charge in [-0.3, -0.25) is 4.79 Å². The molecule has 1 N–H and O–H groups in total. The second-order valence-corrected chi connectivity index (χ2v) is 7.48. The lowest BCUT2D eigenvalue weighted by molar-refractivity contribution is 0.102. The normalized spacial score (nSPS) is 10.8. The van der Waals surface area contributed by atoms with E-state index in [1.165, 1.54) is 0 Å². The Morgan fingerprint density at radius 3 is 2.71 bits per heavy atom. The topological polar surface area (TPSA) is 64.4 Å². The van der Waals surface area contributed by atoms with Crippen LogP contribution < -0.4 is 10.1 Å². The minimum Gasteiger partial charge on any atom is -0.497 e. The molecular weight excluding hydrogens is 467 g/mol. The molecule has 4 aromatic rings. The van der Waals surface area contributed by atoms with Gasteiger partial charge in [0.1, 0.15) is 11.3 Å². The predicted octanol–water partition coefficient (Wildman–Crippen LogP) is 5.67. The smallest absolute Gasteiger partial charge is 0.256 e. The van der Waals surface area contributed by atoms with E-state index in [-0.39, 0.29) is 5.91 Å². The molecule has 5 nitrogen and oxygen atoms in total. The number of fused-ring (bicyclic) bond motifs is 1. The molecule has 0 atom stereocenters. The summed E-state index contributed by atoms with van der Waals surface area (Å²) < 4.78 is 12.0. The van der Waals surface area contributed by atoms with Gasteiger partial charge in [0, 0.05) is 20.9 Å². The number of halogens is 1. The lowest BCUT2D eigenvalue weighted by Crippen LogP contribution is -2.14. The number of aryl methyl sites for hydroxylation is 1. The number of anilines is 1. The van der Waals surface area contributed by atoms with E-state index in [2.05, 4.69) is 32.9 Å². The average molecular weight is 484 g/mol. The van der Waals surface area contributed by atoms with Crippen LogP contribution in [-0.4, -0.2) is 18.0 Å². The van der Waals surface area contributed by atoms with Gasteiger partial charge in [0.2, 0.25) is 5.89 Å². The third-order valence-electron chi connectivity index (χ3n) is 4.45. The van der Waals surface area contributed by atoms with Crippen molar-refractivity contribution in [2.45, 2.75) is 6.92 Å². The Labute approximate surface area is 175 Å². The zero-order chi connectivity index (χ0) is 19.7. The molecule has 0 fully saturated rings. The summed E-state index contributed by atoms with van der Waals surface area (Å²) in [5.74, 6) is 1.07. The number of amides is 1. The van der Waals surface area contributed by atoms with Crippen LogP contribution in [0.5, 0.6) is 5.75 Å². The summed E-state index contributed by atoms with van der Waals surface area (Å²) in [7, 11) is 1.62. The van der Waals surface area contributed by atoms with E-state index in [9.17, 15) is 4.79 Å². The summed E-state index contributed by atoms with van der Waals surface area (Å²) in [5.41, 5.74) is 4.52. The highest BCUT2D eigenvalue weighted by molar-refractivity contribution is 14.1. The van der Waals surface area contributed by atoms with Gasteiger partial charge in [0.25, 0.3) is 5.91 Å². The maximum atomic E-state index is 12.7. The van der Waals surface area contributed by atoms with Gasteiger partial charge < -0.3 is 14.5 Å². The van der Waals surface area contributed by atoms with Crippen molar-refractivity contribution in [3.63, 3.8) is 0 Å². The Balaban J connectivity index is 1.67. The summed E-state index contributed by atoms with van der Waals surface area (Å²) in [5, 5.41) is 3.00. The van der Waals surface area contributed by atoms with Gasteiger partial charge in [-0.1, -0.05) is 18.2 Å². The van der Waals surface area contributed by atoms with Crippen molar-refractivity contribution in [1.29, 1.82) is 0 Å². The molecule has 1 amide bonds. The Morgan fingerprint density at radius 1 is 1.11 bits per heavy atom. The number of benzene rings is 3. The lowest BCUT2D eigenvalue weighted by atomic mass is 10.1. The molecule has 0 saturated heterocycles. The van der Waals surface area contributed by atoms with Gasteiger partial charge in [0.05, 0.1) is 12.7 Å². The van der Waals surface area contributed by atoms with Crippen LogP contribution in [0.2, 0.25) is 0 Å². The summed E-state index contributed by atoms with van der Waals surface area (Å²) in [4.78, 5) is 17.2. The molecule has 0 aliphatic carbocycles. The SMILES string of the molecule is COc1ccc2oc(-c3ccc(C)c(NC(=O)c4ccccc4I)c3)nc2c1. The van der Waals surface area contributed by atoms with Crippen molar-refractivity contribution >= 4 is 45.3 Å². The first kappa shape index (κ1) is 18.5. The highest BCUT2D eigenvalue weighted by Gasteiger charge is 2.14. The first-order valence-corrected chi connectivity index (χ1v) is 9.74. The zero-order valence-electron chi connectivity index (χ0n) is 15.3. The maximum absolute atomic E-state index is 12.7. The average Bonchev–Trinajstić information content (AvgIpc) is 3.13. The van der Waals surface area contributed by atoms with Gasteiger partial charge in [-0.2, -0.15) is 0 Å². The van der Waals surface area contributed by atoms with Gasteiger partial charge in [0.15, 0.2) is 5.58 Å². The van der Waals surface area contributed by atoms with E-state index >= 15 is 0 Å². The van der Waals surface area contributed by atoms with Crippen molar-refractivity contribution in [2.75, 3.05) is 12.4 Å². The molecular formula is C22H17IN2O3. The fourth-order valence-electron chi connectivity index (χ4n) is 2.88. The molecule has 0 aliphatic heterocycles. The Bertz CT molecular complexity index is 1180. The van der Waals surface area contributed by atoms with E-state index in [1.807, 2.05) is 67.6 Å². The van der Waals surface area contributed by atoms with Crippen molar-refractivity contribution in [3.8, 4) is 17.2 Å². The lowest BCUT2D eigenvalue weighted by Gasteiger charge is -2.10. The van der Waals surface area contributed by atoms with Crippen LogP contribution in [0.3, 0.4) is 0 Å². The molecule has 28 heavy (non-hydrogen) atoms. The van der Waals surface area contributed by atoms with Crippen LogP contribution in [0.4, 0.5) is 5.69 Å². The predicted molar refractivity (Wildman–Crippen MR) is 118 cm³/mol. The Morgan fingerprint density at radius 2 is 1.93 bits per heavy atom. The van der Waals surface area contributed by atoms with E-state index in [1.54, 1.807) is 7.11 Å². The van der Waals surface area contributed by atoms with E-state index in [0.717, 1.165) is 31.7 Å². The van der Waals surface area contributed by atoms with E-state index in [0.29, 0.717) is 17.0 Å². The molecule has 140 valence electrons. The fraction of sp³-hybridized carbons (Fsp3) is 0.0909. The minimum atomic E-state index is -0.146. The zero-order valence-corrected chi connectivity index (χ0v) is 17.5. The monoisotopic (exact) mass is 484 g/mol. The van der Waals surface area contributed by atoms with E-state index < -0.39 is 0 Å². The molecule has 1 heterocycles. The number of ether oxygens (including phenoxy) is 1. The molecule has 6 heteroatoms. The number of aromatic nitrogens is 1. The molecule has 0 unspecified atom stereocenters. The number of carbonyl (C=O) groups excluding carboxylic acids is 1. The number of methoxy groups -OCH3 is 1. The first-order chi connectivity index (χ1) is 13.5.